The van der Waals surface area contributed by atoms with Gasteiger partial charge in [-0.1, -0.05) is 32.9 Å². The van der Waals surface area contributed by atoms with E-state index in [0.717, 1.165) is 30.0 Å². The minimum Gasteiger partial charge on any atom is -0.493 e. The summed E-state index contributed by atoms with van der Waals surface area (Å²) in [6.45, 7) is 8.29. The molecule has 0 unspecified atom stereocenters. The van der Waals surface area contributed by atoms with Crippen LogP contribution in [0, 0.1) is 0 Å². The molecule has 0 radical (unpaired) electrons. The number of rotatable bonds is 5. The number of methoxy groups -OCH3 is 2. The van der Waals surface area contributed by atoms with Crippen LogP contribution in [-0.2, 0) is 23.2 Å². The maximum absolute atomic E-state index is 12.9. The first kappa shape index (κ1) is 21.0. The number of hydrogen-bond donors (Lipinski definition) is 0. The lowest BCUT2D eigenvalue weighted by molar-refractivity contribution is -0.130. The highest BCUT2D eigenvalue weighted by Crippen LogP contribution is 2.33. The van der Waals surface area contributed by atoms with E-state index in [4.69, 9.17) is 9.47 Å². The summed E-state index contributed by atoms with van der Waals surface area (Å²) >= 11 is 0. The number of carbonyl (C=O) groups excluding carboxylic acids is 1. The fourth-order valence-corrected chi connectivity index (χ4v) is 3.71. The van der Waals surface area contributed by atoms with Gasteiger partial charge in [-0.2, -0.15) is 0 Å². The topological polar surface area (TPSA) is 42.0 Å². The van der Waals surface area contributed by atoms with Gasteiger partial charge in [0.2, 0.25) is 5.91 Å². The smallest absolute Gasteiger partial charge is 0.242 e. The Bertz CT molecular complexity index is 869. The Hall–Kier alpha value is -2.69. The first-order valence-corrected chi connectivity index (χ1v) is 10.1. The first-order chi connectivity index (χ1) is 13.7. The van der Waals surface area contributed by atoms with E-state index in [9.17, 15) is 4.79 Å². The Morgan fingerprint density at radius 1 is 1.03 bits per heavy atom. The van der Waals surface area contributed by atoms with Crippen LogP contribution in [0.25, 0.3) is 0 Å². The van der Waals surface area contributed by atoms with Crippen LogP contribution in [0.5, 0.6) is 11.5 Å². The van der Waals surface area contributed by atoms with Gasteiger partial charge in [0, 0.05) is 25.8 Å². The third kappa shape index (κ3) is 4.66. The molecule has 5 heteroatoms. The molecule has 1 amide bonds. The van der Waals surface area contributed by atoms with Crippen molar-refractivity contribution in [2.75, 3.05) is 39.3 Å². The number of benzene rings is 2. The van der Waals surface area contributed by atoms with Crippen LogP contribution >= 0.6 is 0 Å². The molecule has 1 heterocycles. The van der Waals surface area contributed by atoms with Crippen LogP contribution in [0.4, 0.5) is 5.69 Å². The molecule has 0 atom stereocenters. The van der Waals surface area contributed by atoms with E-state index in [2.05, 4.69) is 45.0 Å². The second-order valence-corrected chi connectivity index (χ2v) is 8.69. The van der Waals surface area contributed by atoms with E-state index in [1.54, 1.807) is 14.2 Å². The molecule has 1 aliphatic rings. The molecule has 29 heavy (non-hydrogen) atoms. The summed E-state index contributed by atoms with van der Waals surface area (Å²) in [5.41, 5.74) is 4.81. The Labute approximate surface area is 174 Å². The number of nitrogens with zero attached hydrogens (tertiary/aromatic N) is 2. The molecule has 0 bridgehead atoms. The maximum atomic E-state index is 12.9. The van der Waals surface area contributed by atoms with Crippen LogP contribution in [-0.4, -0.2) is 45.2 Å². The van der Waals surface area contributed by atoms with Crippen molar-refractivity contribution in [1.82, 2.24) is 4.90 Å². The summed E-state index contributed by atoms with van der Waals surface area (Å²) in [6, 6.07) is 12.5. The molecule has 0 N–H and O–H groups in total. The van der Waals surface area contributed by atoms with Crippen molar-refractivity contribution >= 4 is 11.6 Å². The SMILES string of the molecule is COc1cc2c(cc1OC)CN(C(=O)CN(C)c1ccc(C(C)(C)C)cc1)CC2. The Morgan fingerprint density at radius 3 is 2.17 bits per heavy atom. The van der Waals surface area contributed by atoms with Crippen molar-refractivity contribution in [2.24, 2.45) is 0 Å². The van der Waals surface area contributed by atoms with Crippen LogP contribution in [0.3, 0.4) is 0 Å². The lowest BCUT2D eigenvalue weighted by Crippen LogP contribution is -2.41. The van der Waals surface area contributed by atoms with E-state index < -0.39 is 0 Å². The molecule has 0 spiro atoms. The van der Waals surface area contributed by atoms with Gasteiger partial charge in [0.1, 0.15) is 0 Å². The number of anilines is 1. The molecule has 1 aliphatic heterocycles. The molecule has 2 aromatic rings. The van der Waals surface area contributed by atoms with Gasteiger partial charge < -0.3 is 19.3 Å². The number of carbonyl (C=O) groups is 1. The summed E-state index contributed by atoms with van der Waals surface area (Å²) in [7, 11) is 5.25. The van der Waals surface area contributed by atoms with Crippen LogP contribution in [0.1, 0.15) is 37.5 Å². The molecule has 0 aromatic heterocycles. The van der Waals surface area contributed by atoms with Gasteiger partial charge in [0.05, 0.1) is 20.8 Å². The molecular weight excluding hydrogens is 364 g/mol. The fourth-order valence-electron chi connectivity index (χ4n) is 3.71. The average Bonchev–Trinajstić information content (AvgIpc) is 2.71. The second kappa shape index (κ2) is 8.36. The van der Waals surface area contributed by atoms with Crippen LogP contribution in [0.15, 0.2) is 36.4 Å². The Kier molecular flexibility index (Phi) is 6.06. The fraction of sp³-hybridized carbons (Fsp3) is 0.458. The molecule has 3 rings (SSSR count). The molecule has 0 fully saturated rings. The largest absolute Gasteiger partial charge is 0.493 e. The van der Waals surface area contributed by atoms with Crippen molar-refractivity contribution in [2.45, 2.75) is 39.2 Å². The van der Waals surface area contributed by atoms with Gasteiger partial charge in [-0.25, -0.2) is 0 Å². The monoisotopic (exact) mass is 396 g/mol. The number of likely N-dealkylation sites (N-methyl/N-ethyl adjacent to an activating group) is 1. The highest BCUT2D eigenvalue weighted by atomic mass is 16.5. The first-order valence-electron chi connectivity index (χ1n) is 10.1. The molecule has 156 valence electrons. The molecule has 5 nitrogen and oxygen atoms in total. The molecule has 0 aliphatic carbocycles. The van der Waals surface area contributed by atoms with Crippen molar-refractivity contribution in [1.29, 1.82) is 0 Å². The third-order valence-corrected chi connectivity index (χ3v) is 5.62. The van der Waals surface area contributed by atoms with Crippen molar-refractivity contribution in [3.63, 3.8) is 0 Å². The van der Waals surface area contributed by atoms with Crippen LogP contribution < -0.4 is 14.4 Å². The standard InChI is InChI=1S/C24H32N2O3/c1-24(2,3)19-7-9-20(10-8-19)25(4)16-23(27)26-12-11-17-13-21(28-5)22(29-6)14-18(17)15-26/h7-10,13-14H,11-12,15-16H2,1-6H3. The summed E-state index contributed by atoms with van der Waals surface area (Å²) in [5.74, 6) is 1.58. The lowest BCUT2D eigenvalue weighted by Gasteiger charge is -2.31. The van der Waals surface area contributed by atoms with Crippen molar-refractivity contribution < 1.29 is 14.3 Å². The zero-order valence-corrected chi connectivity index (χ0v) is 18.4. The van der Waals surface area contributed by atoms with Gasteiger partial charge >= 0.3 is 0 Å². The average molecular weight is 397 g/mol. The van der Waals surface area contributed by atoms with E-state index in [0.29, 0.717) is 18.8 Å². The predicted octanol–water partition coefficient (Wildman–Crippen LogP) is 4.02. The summed E-state index contributed by atoms with van der Waals surface area (Å²) in [5, 5.41) is 0. The Balaban J connectivity index is 1.67. The minimum absolute atomic E-state index is 0.123. The van der Waals surface area contributed by atoms with E-state index in [1.165, 1.54) is 11.1 Å². The predicted molar refractivity (Wildman–Crippen MR) is 117 cm³/mol. The number of fused-ring (bicyclic) bond motifs is 1. The zero-order chi connectivity index (χ0) is 21.2. The molecular formula is C24H32N2O3. The number of ether oxygens (including phenoxy) is 2. The van der Waals surface area contributed by atoms with Gasteiger partial charge in [0.15, 0.2) is 11.5 Å². The third-order valence-electron chi connectivity index (χ3n) is 5.62. The minimum atomic E-state index is 0.123. The van der Waals surface area contributed by atoms with Gasteiger partial charge in [-0.3, -0.25) is 4.79 Å². The van der Waals surface area contributed by atoms with E-state index in [1.807, 2.05) is 29.0 Å². The van der Waals surface area contributed by atoms with E-state index >= 15 is 0 Å². The van der Waals surface area contributed by atoms with Crippen molar-refractivity contribution in [3.05, 3.63) is 53.1 Å². The lowest BCUT2D eigenvalue weighted by atomic mass is 9.87. The molecule has 0 saturated heterocycles. The summed E-state index contributed by atoms with van der Waals surface area (Å²) in [6.07, 6.45) is 0.825. The molecule has 0 saturated carbocycles. The highest BCUT2D eigenvalue weighted by molar-refractivity contribution is 5.81. The van der Waals surface area contributed by atoms with Crippen molar-refractivity contribution in [3.8, 4) is 11.5 Å². The normalized spacial score (nSPS) is 13.7. The van der Waals surface area contributed by atoms with Gasteiger partial charge in [-0.15, -0.1) is 0 Å². The molecule has 2 aromatic carbocycles. The Morgan fingerprint density at radius 2 is 1.62 bits per heavy atom. The van der Waals surface area contributed by atoms with Gasteiger partial charge in [0.25, 0.3) is 0 Å². The van der Waals surface area contributed by atoms with E-state index in [-0.39, 0.29) is 11.3 Å². The zero-order valence-electron chi connectivity index (χ0n) is 18.4. The maximum Gasteiger partial charge on any atom is 0.242 e. The van der Waals surface area contributed by atoms with Gasteiger partial charge in [-0.05, 0) is 52.8 Å². The summed E-state index contributed by atoms with van der Waals surface area (Å²) in [4.78, 5) is 16.9. The highest BCUT2D eigenvalue weighted by Gasteiger charge is 2.24. The van der Waals surface area contributed by atoms with Crippen LogP contribution in [0.2, 0.25) is 0 Å². The second-order valence-electron chi connectivity index (χ2n) is 8.69. The number of amides is 1. The quantitative estimate of drug-likeness (QED) is 0.765. The summed E-state index contributed by atoms with van der Waals surface area (Å²) < 4.78 is 10.8. The number of hydrogen-bond acceptors (Lipinski definition) is 4.